The highest BCUT2D eigenvalue weighted by molar-refractivity contribution is 9.10. The van der Waals surface area contributed by atoms with Crippen LogP contribution in [0.4, 0.5) is 0 Å². The SMILES string of the molecule is CC(N)C1(c2ccc(CN(C)C)c(Br)c2)CC1. The third-order valence-electron chi connectivity index (χ3n) is 3.77. The first-order valence-corrected chi connectivity index (χ1v) is 6.94. The van der Waals surface area contributed by atoms with Gasteiger partial charge in [-0.05, 0) is 51.1 Å². The van der Waals surface area contributed by atoms with Crippen LogP contribution in [0, 0.1) is 0 Å². The van der Waals surface area contributed by atoms with E-state index in [0.29, 0.717) is 0 Å². The van der Waals surface area contributed by atoms with Gasteiger partial charge in [0.15, 0.2) is 0 Å². The quantitative estimate of drug-likeness (QED) is 0.926. The summed E-state index contributed by atoms with van der Waals surface area (Å²) in [4.78, 5) is 2.18. The molecule has 1 aromatic rings. The van der Waals surface area contributed by atoms with Crippen LogP contribution < -0.4 is 5.73 Å². The standard InChI is InChI=1S/C14H21BrN2/c1-10(16)14(6-7-14)12-5-4-11(9-17(2)3)13(15)8-12/h4-5,8,10H,6-7,9,16H2,1-3H3. The Morgan fingerprint density at radius 1 is 1.41 bits per heavy atom. The van der Waals surface area contributed by atoms with Crippen molar-refractivity contribution in [3.8, 4) is 0 Å². The van der Waals surface area contributed by atoms with Gasteiger partial charge in [-0.15, -0.1) is 0 Å². The maximum Gasteiger partial charge on any atom is 0.0238 e. The van der Waals surface area contributed by atoms with Crippen molar-refractivity contribution in [2.45, 2.75) is 37.8 Å². The molecule has 17 heavy (non-hydrogen) atoms. The third kappa shape index (κ3) is 2.56. The van der Waals surface area contributed by atoms with Gasteiger partial charge in [-0.2, -0.15) is 0 Å². The molecule has 0 radical (unpaired) electrons. The number of nitrogens with zero attached hydrogens (tertiary/aromatic N) is 1. The Kier molecular flexibility index (Phi) is 3.62. The van der Waals surface area contributed by atoms with Crippen LogP contribution in [-0.4, -0.2) is 25.0 Å². The predicted octanol–water partition coefficient (Wildman–Crippen LogP) is 2.89. The van der Waals surface area contributed by atoms with Gasteiger partial charge in [-0.3, -0.25) is 0 Å². The van der Waals surface area contributed by atoms with Crippen LogP contribution in [0.3, 0.4) is 0 Å². The topological polar surface area (TPSA) is 29.3 Å². The molecule has 2 rings (SSSR count). The molecule has 2 N–H and O–H groups in total. The Labute approximate surface area is 112 Å². The Morgan fingerprint density at radius 2 is 2.06 bits per heavy atom. The molecule has 0 bridgehead atoms. The maximum absolute atomic E-state index is 6.11. The second kappa shape index (κ2) is 4.71. The van der Waals surface area contributed by atoms with E-state index < -0.39 is 0 Å². The molecule has 0 aromatic heterocycles. The van der Waals surface area contributed by atoms with Crippen LogP contribution in [-0.2, 0) is 12.0 Å². The van der Waals surface area contributed by atoms with E-state index in [-0.39, 0.29) is 11.5 Å². The first-order chi connectivity index (χ1) is 7.95. The molecule has 94 valence electrons. The molecule has 1 aromatic carbocycles. The van der Waals surface area contributed by atoms with Gasteiger partial charge in [0.25, 0.3) is 0 Å². The summed E-state index contributed by atoms with van der Waals surface area (Å²) in [6.45, 7) is 3.08. The Hall–Kier alpha value is -0.380. The van der Waals surface area contributed by atoms with Crippen molar-refractivity contribution in [2.24, 2.45) is 5.73 Å². The monoisotopic (exact) mass is 296 g/mol. The van der Waals surface area contributed by atoms with E-state index in [2.05, 4.69) is 60.0 Å². The third-order valence-corrected chi connectivity index (χ3v) is 4.51. The molecular formula is C14H21BrN2. The molecule has 1 aliphatic rings. The minimum absolute atomic E-state index is 0.245. The van der Waals surface area contributed by atoms with Crippen molar-refractivity contribution in [1.82, 2.24) is 4.90 Å². The largest absolute Gasteiger partial charge is 0.327 e. The zero-order valence-electron chi connectivity index (χ0n) is 10.8. The molecule has 0 spiro atoms. The molecule has 1 atom stereocenters. The number of rotatable bonds is 4. The van der Waals surface area contributed by atoms with E-state index in [1.165, 1.54) is 28.4 Å². The van der Waals surface area contributed by atoms with Crippen LogP contribution in [0.25, 0.3) is 0 Å². The number of hydrogen-bond acceptors (Lipinski definition) is 2. The van der Waals surface area contributed by atoms with Crippen molar-refractivity contribution in [1.29, 1.82) is 0 Å². The molecule has 0 heterocycles. The van der Waals surface area contributed by atoms with Crippen molar-refractivity contribution < 1.29 is 0 Å². The van der Waals surface area contributed by atoms with E-state index in [0.717, 1.165) is 6.54 Å². The van der Waals surface area contributed by atoms with Gasteiger partial charge in [0, 0.05) is 22.5 Å². The highest BCUT2D eigenvalue weighted by Crippen LogP contribution is 2.50. The van der Waals surface area contributed by atoms with Gasteiger partial charge >= 0.3 is 0 Å². The summed E-state index contributed by atoms with van der Waals surface area (Å²) in [5.41, 5.74) is 9.08. The fourth-order valence-corrected chi connectivity index (χ4v) is 2.97. The summed E-state index contributed by atoms with van der Waals surface area (Å²) in [6, 6.07) is 6.98. The van der Waals surface area contributed by atoms with Gasteiger partial charge in [-0.1, -0.05) is 28.1 Å². The molecule has 2 nitrogen and oxygen atoms in total. The zero-order valence-corrected chi connectivity index (χ0v) is 12.4. The Morgan fingerprint density at radius 3 is 2.47 bits per heavy atom. The molecule has 1 saturated carbocycles. The summed E-state index contributed by atoms with van der Waals surface area (Å²) in [7, 11) is 4.18. The van der Waals surface area contributed by atoms with Crippen LogP contribution in [0.15, 0.2) is 22.7 Å². The first kappa shape index (κ1) is 13.1. The van der Waals surface area contributed by atoms with Crippen molar-refractivity contribution in [3.05, 3.63) is 33.8 Å². The average molecular weight is 297 g/mol. The second-order valence-corrected chi connectivity index (χ2v) is 6.34. The lowest BCUT2D eigenvalue weighted by molar-refractivity contribution is 0.401. The number of benzene rings is 1. The lowest BCUT2D eigenvalue weighted by atomic mass is 9.89. The minimum Gasteiger partial charge on any atom is -0.327 e. The summed E-state index contributed by atoms with van der Waals surface area (Å²) >= 11 is 3.68. The predicted molar refractivity (Wildman–Crippen MR) is 76.1 cm³/mol. The normalized spacial score (nSPS) is 19.4. The molecule has 0 aliphatic heterocycles. The number of hydrogen-bond donors (Lipinski definition) is 1. The highest BCUT2D eigenvalue weighted by Gasteiger charge is 2.47. The Balaban J connectivity index is 2.25. The van der Waals surface area contributed by atoms with Crippen molar-refractivity contribution in [3.63, 3.8) is 0 Å². The molecule has 0 saturated heterocycles. The van der Waals surface area contributed by atoms with Crippen LogP contribution in [0.1, 0.15) is 30.9 Å². The van der Waals surface area contributed by atoms with Gasteiger partial charge in [0.05, 0.1) is 0 Å². The highest BCUT2D eigenvalue weighted by atomic mass is 79.9. The maximum atomic E-state index is 6.11. The average Bonchev–Trinajstić information content (AvgIpc) is 3.01. The second-order valence-electron chi connectivity index (χ2n) is 5.49. The van der Waals surface area contributed by atoms with Crippen LogP contribution in [0.5, 0.6) is 0 Å². The zero-order chi connectivity index (χ0) is 12.6. The molecule has 1 fully saturated rings. The minimum atomic E-state index is 0.245. The molecular weight excluding hydrogens is 276 g/mol. The number of halogens is 1. The summed E-state index contributed by atoms with van der Waals surface area (Å²) in [5.74, 6) is 0. The van der Waals surface area contributed by atoms with E-state index in [1.807, 2.05) is 0 Å². The fourth-order valence-electron chi connectivity index (χ4n) is 2.47. The van der Waals surface area contributed by atoms with Gasteiger partial charge in [-0.25, -0.2) is 0 Å². The molecule has 3 heteroatoms. The Bertz CT molecular complexity index is 409. The lowest BCUT2D eigenvalue weighted by Crippen LogP contribution is -2.31. The first-order valence-electron chi connectivity index (χ1n) is 6.15. The van der Waals surface area contributed by atoms with E-state index >= 15 is 0 Å². The summed E-state index contributed by atoms with van der Waals surface area (Å²) in [5, 5.41) is 0. The van der Waals surface area contributed by atoms with E-state index in [4.69, 9.17) is 5.73 Å². The van der Waals surface area contributed by atoms with Crippen LogP contribution in [0.2, 0.25) is 0 Å². The molecule has 1 unspecified atom stereocenters. The van der Waals surface area contributed by atoms with Gasteiger partial charge in [0.2, 0.25) is 0 Å². The van der Waals surface area contributed by atoms with Crippen molar-refractivity contribution in [2.75, 3.05) is 14.1 Å². The smallest absolute Gasteiger partial charge is 0.0238 e. The number of nitrogens with two attached hydrogens (primary N) is 1. The van der Waals surface area contributed by atoms with Gasteiger partial charge in [0.1, 0.15) is 0 Å². The van der Waals surface area contributed by atoms with Crippen molar-refractivity contribution >= 4 is 15.9 Å². The van der Waals surface area contributed by atoms with E-state index in [1.54, 1.807) is 0 Å². The lowest BCUT2D eigenvalue weighted by Gasteiger charge is -2.21. The molecule has 0 amide bonds. The fraction of sp³-hybridized carbons (Fsp3) is 0.571. The van der Waals surface area contributed by atoms with E-state index in [9.17, 15) is 0 Å². The van der Waals surface area contributed by atoms with Gasteiger partial charge < -0.3 is 10.6 Å². The summed E-state index contributed by atoms with van der Waals surface area (Å²) in [6.07, 6.45) is 2.45. The summed E-state index contributed by atoms with van der Waals surface area (Å²) < 4.78 is 1.20. The van der Waals surface area contributed by atoms with Crippen LogP contribution >= 0.6 is 15.9 Å². The molecule has 1 aliphatic carbocycles.